The molecule has 0 bridgehead atoms. The van der Waals surface area contributed by atoms with E-state index in [1.165, 1.54) is 16.2 Å². The van der Waals surface area contributed by atoms with Crippen molar-refractivity contribution >= 4 is 23.1 Å². The van der Waals surface area contributed by atoms with Crippen LogP contribution in [0, 0.1) is 6.92 Å². The van der Waals surface area contributed by atoms with Gasteiger partial charge < -0.3 is 0 Å². The summed E-state index contributed by atoms with van der Waals surface area (Å²) in [5.41, 5.74) is 1.42. The van der Waals surface area contributed by atoms with Crippen LogP contribution in [0.15, 0.2) is 15.7 Å². The quantitative estimate of drug-likeness (QED) is 0.596. The smallest absolute Gasteiger partial charge is 0.0208 e. The highest BCUT2D eigenvalue weighted by Crippen LogP contribution is 2.24. The van der Waals surface area contributed by atoms with Crippen molar-refractivity contribution in [1.29, 1.82) is 0 Å². The Bertz CT molecular complexity index is 179. The van der Waals surface area contributed by atoms with Crippen LogP contribution < -0.4 is 0 Å². The maximum absolute atomic E-state index is 2.21. The molecule has 0 saturated carbocycles. The van der Waals surface area contributed by atoms with Gasteiger partial charge in [0.15, 0.2) is 0 Å². The van der Waals surface area contributed by atoms with Gasteiger partial charge in [-0.3, -0.25) is 0 Å². The maximum atomic E-state index is 2.21. The third-order valence-corrected chi connectivity index (χ3v) is 3.16. The molecule has 0 N–H and O–H groups in total. The summed E-state index contributed by atoms with van der Waals surface area (Å²) in [6, 6.07) is 0. The SMILES string of the molecule is CCSc1cscc1C. The molecule has 0 unspecified atom stereocenters. The summed E-state index contributed by atoms with van der Waals surface area (Å²) in [5, 5.41) is 4.40. The van der Waals surface area contributed by atoms with E-state index in [4.69, 9.17) is 0 Å². The van der Waals surface area contributed by atoms with Gasteiger partial charge in [-0.1, -0.05) is 6.92 Å². The van der Waals surface area contributed by atoms with Gasteiger partial charge in [-0.2, -0.15) is 11.3 Å². The van der Waals surface area contributed by atoms with Crippen LogP contribution in [0.2, 0.25) is 0 Å². The largest absolute Gasteiger partial charge is 0.151 e. The highest BCUT2D eigenvalue weighted by molar-refractivity contribution is 7.99. The van der Waals surface area contributed by atoms with Crippen molar-refractivity contribution in [3.63, 3.8) is 0 Å². The fourth-order valence-corrected chi connectivity index (χ4v) is 2.47. The van der Waals surface area contributed by atoms with Gasteiger partial charge in [0.1, 0.15) is 0 Å². The molecule has 0 fully saturated rings. The van der Waals surface area contributed by atoms with Crippen LogP contribution in [-0.2, 0) is 0 Å². The molecule has 0 aromatic carbocycles. The van der Waals surface area contributed by atoms with Crippen LogP contribution >= 0.6 is 23.1 Å². The number of thioether (sulfide) groups is 1. The molecule has 1 aromatic rings. The Kier molecular flexibility index (Phi) is 2.61. The molecule has 0 aliphatic carbocycles. The normalized spacial score (nSPS) is 10.0. The second-order valence-electron chi connectivity index (χ2n) is 1.85. The maximum Gasteiger partial charge on any atom is 0.0208 e. The summed E-state index contributed by atoms with van der Waals surface area (Å²) in [7, 11) is 0. The van der Waals surface area contributed by atoms with Gasteiger partial charge in [-0.25, -0.2) is 0 Å². The van der Waals surface area contributed by atoms with Crippen molar-refractivity contribution in [1.82, 2.24) is 0 Å². The minimum absolute atomic E-state index is 1.18. The Morgan fingerprint density at radius 3 is 2.78 bits per heavy atom. The van der Waals surface area contributed by atoms with Crippen molar-refractivity contribution in [2.24, 2.45) is 0 Å². The molecule has 0 aliphatic heterocycles. The summed E-state index contributed by atoms with van der Waals surface area (Å²) in [6.07, 6.45) is 0. The van der Waals surface area contributed by atoms with E-state index >= 15 is 0 Å². The second kappa shape index (κ2) is 3.28. The van der Waals surface area contributed by atoms with Crippen molar-refractivity contribution in [2.45, 2.75) is 18.7 Å². The molecule has 0 amide bonds. The van der Waals surface area contributed by atoms with Crippen LogP contribution in [-0.4, -0.2) is 5.75 Å². The zero-order valence-electron chi connectivity index (χ0n) is 5.68. The zero-order valence-corrected chi connectivity index (χ0v) is 7.31. The van der Waals surface area contributed by atoms with Gasteiger partial charge in [-0.05, 0) is 23.6 Å². The molecule has 1 heterocycles. The molecule has 0 spiro atoms. The topological polar surface area (TPSA) is 0 Å². The van der Waals surface area contributed by atoms with Gasteiger partial charge in [0.2, 0.25) is 0 Å². The number of hydrogen-bond donors (Lipinski definition) is 0. The minimum Gasteiger partial charge on any atom is -0.151 e. The first-order valence-corrected chi connectivity index (χ1v) is 4.93. The van der Waals surface area contributed by atoms with E-state index in [1.807, 2.05) is 11.8 Å². The molecule has 9 heavy (non-hydrogen) atoms. The standard InChI is InChI=1S/C7H10S2/c1-3-9-7-5-8-4-6(7)2/h4-5H,3H2,1-2H3. The number of aryl methyl sites for hydroxylation is 1. The molecule has 50 valence electrons. The van der Waals surface area contributed by atoms with E-state index in [9.17, 15) is 0 Å². The van der Waals surface area contributed by atoms with E-state index in [-0.39, 0.29) is 0 Å². The lowest BCUT2D eigenvalue weighted by Gasteiger charge is -1.92. The first-order valence-electron chi connectivity index (χ1n) is 3.00. The third-order valence-electron chi connectivity index (χ3n) is 1.11. The first kappa shape index (κ1) is 7.16. The number of rotatable bonds is 2. The third kappa shape index (κ3) is 1.73. The van der Waals surface area contributed by atoms with Gasteiger partial charge in [0.25, 0.3) is 0 Å². The fourth-order valence-electron chi connectivity index (χ4n) is 0.652. The molecule has 0 nitrogen and oxygen atoms in total. The van der Waals surface area contributed by atoms with E-state index in [0.717, 1.165) is 0 Å². The lowest BCUT2D eigenvalue weighted by atomic mass is 10.4. The molecular weight excluding hydrogens is 148 g/mol. The van der Waals surface area contributed by atoms with E-state index < -0.39 is 0 Å². The molecule has 1 rings (SSSR count). The first-order chi connectivity index (χ1) is 4.34. The summed E-state index contributed by atoms with van der Waals surface area (Å²) in [5.74, 6) is 1.18. The summed E-state index contributed by atoms with van der Waals surface area (Å²) in [4.78, 5) is 1.45. The van der Waals surface area contributed by atoms with E-state index in [0.29, 0.717) is 0 Å². The second-order valence-corrected chi connectivity index (χ2v) is 3.90. The molecular formula is C7H10S2. The van der Waals surface area contributed by atoms with Gasteiger partial charge >= 0.3 is 0 Å². The average Bonchev–Trinajstić information content (AvgIpc) is 2.18. The Morgan fingerprint density at radius 1 is 1.56 bits per heavy atom. The number of thiophene rings is 1. The Labute approximate surface area is 64.3 Å². The van der Waals surface area contributed by atoms with Crippen LogP contribution in [0.4, 0.5) is 0 Å². The van der Waals surface area contributed by atoms with Crippen LogP contribution in [0.5, 0.6) is 0 Å². The fraction of sp³-hybridized carbons (Fsp3) is 0.429. The zero-order chi connectivity index (χ0) is 6.69. The predicted octanol–water partition coefficient (Wildman–Crippen LogP) is 3.17. The summed E-state index contributed by atoms with van der Waals surface area (Å²) >= 11 is 3.70. The molecule has 0 radical (unpaired) electrons. The summed E-state index contributed by atoms with van der Waals surface area (Å²) < 4.78 is 0. The van der Waals surface area contributed by atoms with Crippen LogP contribution in [0.3, 0.4) is 0 Å². The van der Waals surface area contributed by atoms with Gasteiger partial charge in [-0.15, -0.1) is 11.8 Å². The van der Waals surface area contributed by atoms with Gasteiger partial charge in [0, 0.05) is 10.3 Å². The van der Waals surface area contributed by atoms with Crippen molar-refractivity contribution < 1.29 is 0 Å². The van der Waals surface area contributed by atoms with Crippen LogP contribution in [0.1, 0.15) is 12.5 Å². The Hall–Kier alpha value is 0.0500. The minimum atomic E-state index is 1.18. The lowest BCUT2D eigenvalue weighted by molar-refractivity contribution is 1.36. The molecule has 2 heteroatoms. The predicted molar refractivity (Wildman–Crippen MR) is 45.5 cm³/mol. The highest BCUT2D eigenvalue weighted by Gasteiger charge is 1.95. The Balaban J connectivity index is 2.69. The highest BCUT2D eigenvalue weighted by atomic mass is 32.2. The van der Waals surface area contributed by atoms with E-state index in [1.54, 1.807) is 11.3 Å². The van der Waals surface area contributed by atoms with Crippen molar-refractivity contribution in [2.75, 3.05) is 5.75 Å². The van der Waals surface area contributed by atoms with Crippen molar-refractivity contribution in [3.05, 3.63) is 16.3 Å². The lowest BCUT2D eigenvalue weighted by Crippen LogP contribution is -1.69. The molecule has 0 saturated heterocycles. The molecule has 0 atom stereocenters. The number of hydrogen-bond acceptors (Lipinski definition) is 2. The summed E-state index contributed by atoms with van der Waals surface area (Å²) in [6.45, 7) is 4.34. The van der Waals surface area contributed by atoms with Crippen molar-refractivity contribution in [3.8, 4) is 0 Å². The Morgan fingerprint density at radius 2 is 2.33 bits per heavy atom. The monoisotopic (exact) mass is 158 g/mol. The average molecular weight is 158 g/mol. The van der Waals surface area contributed by atoms with E-state index in [2.05, 4.69) is 24.6 Å². The van der Waals surface area contributed by atoms with Crippen LogP contribution in [0.25, 0.3) is 0 Å². The molecule has 0 aliphatic rings. The molecule has 1 aromatic heterocycles. The van der Waals surface area contributed by atoms with Gasteiger partial charge in [0.05, 0.1) is 0 Å².